The first-order valence-corrected chi connectivity index (χ1v) is 9.37. The zero-order valence-corrected chi connectivity index (χ0v) is 16.3. The van der Waals surface area contributed by atoms with Crippen LogP contribution in [0.4, 0.5) is 0 Å². The number of ether oxygens (including phenoxy) is 1. The normalized spacial score (nSPS) is 17.2. The quantitative estimate of drug-likeness (QED) is 0.378. The number of quaternary nitrogens is 1. The summed E-state index contributed by atoms with van der Waals surface area (Å²) in [6.07, 6.45) is 14.0. The minimum Gasteiger partial charge on any atom is -1.00 e. The minimum atomic E-state index is 0. The fourth-order valence-corrected chi connectivity index (χ4v) is 3.44. The highest BCUT2D eigenvalue weighted by Gasteiger charge is 2.28. The molecule has 0 saturated carbocycles. The van der Waals surface area contributed by atoms with Crippen molar-refractivity contribution < 1.29 is 31.3 Å². The van der Waals surface area contributed by atoms with Gasteiger partial charge in [0, 0.05) is 0 Å². The summed E-state index contributed by atoms with van der Waals surface area (Å²) >= 11 is 0. The van der Waals surface area contributed by atoms with Crippen molar-refractivity contribution in [3.63, 3.8) is 0 Å². The number of unbranched alkanes of at least 4 members (excludes halogenated alkanes) is 9. The van der Waals surface area contributed by atoms with Crippen molar-refractivity contribution >= 4 is 0 Å². The number of hydrogen-bond donors (Lipinski definition) is 1. The van der Waals surface area contributed by atoms with E-state index in [1.54, 1.807) is 0 Å². The van der Waals surface area contributed by atoms with Gasteiger partial charge in [-0.15, -0.1) is 0 Å². The van der Waals surface area contributed by atoms with E-state index in [1.165, 1.54) is 70.8 Å². The molecule has 1 heterocycles. The fourth-order valence-electron chi connectivity index (χ4n) is 3.44. The maximum absolute atomic E-state index is 9.29. The summed E-state index contributed by atoms with van der Waals surface area (Å²) in [6, 6.07) is 0. The van der Waals surface area contributed by atoms with E-state index in [4.69, 9.17) is 4.74 Å². The second-order valence-electron chi connectivity index (χ2n) is 6.75. The predicted octanol–water partition coefficient (Wildman–Crippen LogP) is 0.751. The summed E-state index contributed by atoms with van der Waals surface area (Å²) in [7, 11) is 0. The van der Waals surface area contributed by atoms with Gasteiger partial charge in [0.1, 0.15) is 19.6 Å². The maximum Gasteiger partial charge on any atom is 0.103 e. The van der Waals surface area contributed by atoms with Gasteiger partial charge in [0.25, 0.3) is 0 Å². The van der Waals surface area contributed by atoms with Crippen molar-refractivity contribution in [2.45, 2.75) is 71.1 Å². The molecule has 0 aromatic carbocycles. The lowest BCUT2D eigenvalue weighted by Crippen LogP contribution is -3.00. The van der Waals surface area contributed by atoms with Crippen LogP contribution in [0.2, 0.25) is 0 Å². The Morgan fingerprint density at radius 2 is 1.27 bits per heavy atom. The smallest absolute Gasteiger partial charge is 0.103 e. The number of aliphatic hydroxyl groups excluding tert-OH is 1. The van der Waals surface area contributed by atoms with Crippen LogP contribution in [0.3, 0.4) is 0 Å². The number of aliphatic hydroxyl groups is 1. The van der Waals surface area contributed by atoms with Crippen LogP contribution in [0.15, 0.2) is 0 Å². The highest BCUT2D eigenvalue weighted by molar-refractivity contribution is 4.53. The van der Waals surface area contributed by atoms with E-state index in [0.717, 1.165) is 37.3 Å². The van der Waals surface area contributed by atoms with Crippen molar-refractivity contribution in [1.82, 2.24) is 0 Å². The van der Waals surface area contributed by atoms with Crippen molar-refractivity contribution in [2.24, 2.45) is 0 Å². The van der Waals surface area contributed by atoms with Gasteiger partial charge in [-0.05, 0) is 12.8 Å². The van der Waals surface area contributed by atoms with Crippen LogP contribution in [-0.4, -0.2) is 55.6 Å². The van der Waals surface area contributed by atoms with Crippen molar-refractivity contribution in [2.75, 3.05) is 46.0 Å². The molecule has 0 unspecified atom stereocenters. The molecule has 0 radical (unpaired) electrons. The summed E-state index contributed by atoms with van der Waals surface area (Å²) in [5.41, 5.74) is 0. The number of rotatable bonds is 13. The summed E-state index contributed by atoms with van der Waals surface area (Å²) < 4.78 is 6.56. The second-order valence-corrected chi connectivity index (χ2v) is 6.75. The maximum atomic E-state index is 9.29. The number of hydrogen-bond acceptors (Lipinski definition) is 2. The van der Waals surface area contributed by atoms with E-state index in [-0.39, 0.29) is 17.0 Å². The van der Waals surface area contributed by atoms with E-state index in [9.17, 15) is 5.11 Å². The van der Waals surface area contributed by atoms with E-state index in [0.29, 0.717) is 6.61 Å². The Morgan fingerprint density at radius 3 is 1.77 bits per heavy atom. The van der Waals surface area contributed by atoms with Crippen LogP contribution in [0.25, 0.3) is 0 Å². The Morgan fingerprint density at radius 1 is 0.773 bits per heavy atom. The van der Waals surface area contributed by atoms with Gasteiger partial charge in [0.2, 0.25) is 0 Å². The van der Waals surface area contributed by atoms with Crippen molar-refractivity contribution in [3.8, 4) is 0 Å². The van der Waals surface area contributed by atoms with Crippen LogP contribution in [0.5, 0.6) is 0 Å². The molecule has 1 aliphatic rings. The second kappa shape index (κ2) is 14.9. The van der Waals surface area contributed by atoms with Gasteiger partial charge in [-0.2, -0.15) is 0 Å². The Kier molecular flexibility index (Phi) is 15.2. The molecule has 1 N–H and O–H groups in total. The molecule has 134 valence electrons. The fraction of sp³-hybridized carbons (Fsp3) is 1.00. The molecule has 1 fully saturated rings. The van der Waals surface area contributed by atoms with Crippen molar-refractivity contribution in [1.29, 1.82) is 0 Å². The zero-order chi connectivity index (χ0) is 15.2. The third-order valence-corrected chi connectivity index (χ3v) is 4.98. The summed E-state index contributed by atoms with van der Waals surface area (Å²) in [4.78, 5) is 0. The Labute approximate surface area is 148 Å². The van der Waals surface area contributed by atoms with Gasteiger partial charge in [-0.3, -0.25) is 0 Å². The largest absolute Gasteiger partial charge is 1.00 e. The molecule has 0 aliphatic carbocycles. The highest BCUT2D eigenvalue weighted by atomic mass is 79.9. The topological polar surface area (TPSA) is 29.5 Å². The van der Waals surface area contributed by atoms with Gasteiger partial charge < -0.3 is 31.3 Å². The molecule has 0 amide bonds. The van der Waals surface area contributed by atoms with Gasteiger partial charge in [0.15, 0.2) is 0 Å². The molecule has 3 nitrogen and oxygen atoms in total. The van der Waals surface area contributed by atoms with Crippen molar-refractivity contribution in [3.05, 3.63) is 0 Å². The third kappa shape index (κ3) is 10.2. The first kappa shape index (κ1) is 22.4. The number of halogens is 1. The SMILES string of the molecule is CCCCCCCCCCCC[N+]1(CCO)CCOCC1.[Br-]. The standard InChI is InChI=1S/C18H38NO2.BrH/c1-2-3-4-5-6-7-8-9-10-11-12-19(13-16-20)14-17-21-18-15-19;/h20H,2-18H2,1H3;1H/q+1;/p-1. The van der Waals surface area contributed by atoms with Gasteiger partial charge >= 0.3 is 0 Å². The molecule has 22 heavy (non-hydrogen) atoms. The first-order valence-electron chi connectivity index (χ1n) is 9.37. The van der Waals surface area contributed by atoms with Gasteiger partial charge in [0.05, 0.1) is 26.4 Å². The van der Waals surface area contributed by atoms with Gasteiger partial charge in [-0.25, -0.2) is 0 Å². The zero-order valence-electron chi connectivity index (χ0n) is 14.7. The van der Waals surface area contributed by atoms with Crippen LogP contribution in [0.1, 0.15) is 71.1 Å². The predicted molar refractivity (Wildman–Crippen MR) is 89.5 cm³/mol. The minimum absolute atomic E-state index is 0. The molecular weight excluding hydrogens is 342 g/mol. The average molecular weight is 380 g/mol. The van der Waals surface area contributed by atoms with Crippen LogP contribution in [-0.2, 0) is 4.74 Å². The number of morpholine rings is 1. The average Bonchev–Trinajstić information content (AvgIpc) is 2.50. The molecule has 0 atom stereocenters. The van der Waals surface area contributed by atoms with Crippen LogP contribution < -0.4 is 17.0 Å². The lowest BCUT2D eigenvalue weighted by molar-refractivity contribution is -0.935. The lowest BCUT2D eigenvalue weighted by atomic mass is 10.1. The molecule has 0 aromatic heterocycles. The van der Waals surface area contributed by atoms with Crippen LogP contribution in [0, 0.1) is 0 Å². The molecule has 0 bridgehead atoms. The van der Waals surface area contributed by atoms with Gasteiger partial charge in [-0.1, -0.05) is 58.3 Å². The summed E-state index contributed by atoms with van der Waals surface area (Å²) in [6.45, 7) is 8.69. The summed E-state index contributed by atoms with van der Waals surface area (Å²) in [5, 5.41) is 9.29. The highest BCUT2D eigenvalue weighted by Crippen LogP contribution is 2.15. The van der Waals surface area contributed by atoms with E-state index in [1.807, 2.05) is 0 Å². The summed E-state index contributed by atoms with van der Waals surface area (Å²) in [5.74, 6) is 0. The molecule has 1 aliphatic heterocycles. The molecule has 1 saturated heterocycles. The van der Waals surface area contributed by atoms with Crippen LogP contribution >= 0.6 is 0 Å². The molecule has 1 rings (SSSR count). The van der Waals surface area contributed by atoms with E-state index in [2.05, 4.69) is 6.92 Å². The first-order chi connectivity index (χ1) is 10.3. The molecule has 0 aromatic rings. The molecular formula is C18H38BrNO2. The van der Waals surface area contributed by atoms with E-state index >= 15 is 0 Å². The third-order valence-electron chi connectivity index (χ3n) is 4.98. The Balaban J connectivity index is 0.00000441. The molecule has 4 heteroatoms. The van der Waals surface area contributed by atoms with E-state index < -0.39 is 0 Å². The Bertz CT molecular complexity index is 228. The monoisotopic (exact) mass is 379 g/mol. The Hall–Kier alpha value is 0.360. The lowest BCUT2D eigenvalue weighted by Gasteiger charge is -2.41. The number of nitrogens with zero attached hydrogens (tertiary/aromatic N) is 1. The molecule has 0 spiro atoms.